The standard InChI is InChI=1S/C16H16O6S2/c1-22-14-7-9-15(10-8-14)24(20,21)12-23(18,19)11-16(17)13-5-3-2-4-6-13/h2-10H,11-12H2,1H3. The highest BCUT2D eigenvalue weighted by molar-refractivity contribution is 8.08. The Labute approximate surface area is 140 Å². The minimum absolute atomic E-state index is 0.140. The summed E-state index contributed by atoms with van der Waals surface area (Å²) in [6, 6.07) is 13.3. The fraction of sp³-hybridized carbons (Fsp3) is 0.188. The predicted molar refractivity (Wildman–Crippen MR) is 89.6 cm³/mol. The highest BCUT2D eigenvalue weighted by atomic mass is 32.3. The van der Waals surface area contributed by atoms with E-state index in [2.05, 4.69) is 0 Å². The van der Waals surface area contributed by atoms with Crippen LogP contribution >= 0.6 is 0 Å². The molecule has 0 heterocycles. The van der Waals surface area contributed by atoms with Gasteiger partial charge in [0.05, 0.1) is 12.0 Å². The van der Waals surface area contributed by atoms with Crippen molar-refractivity contribution in [2.75, 3.05) is 17.9 Å². The molecule has 0 aliphatic rings. The molecular weight excluding hydrogens is 352 g/mol. The van der Waals surface area contributed by atoms with Gasteiger partial charge in [0.1, 0.15) is 11.5 Å². The van der Waals surface area contributed by atoms with E-state index in [0.29, 0.717) is 5.75 Å². The van der Waals surface area contributed by atoms with Crippen LogP contribution in [0.5, 0.6) is 5.75 Å². The molecule has 6 nitrogen and oxygen atoms in total. The van der Waals surface area contributed by atoms with Crippen molar-refractivity contribution in [2.45, 2.75) is 4.90 Å². The van der Waals surface area contributed by atoms with E-state index < -0.39 is 36.3 Å². The van der Waals surface area contributed by atoms with E-state index >= 15 is 0 Å². The van der Waals surface area contributed by atoms with Crippen LogP contribution in [0.4, 0.5) is 0 Å². The van der Waals surface area contributed by atoms with Crippen molar-refractivity contribution >= 4 is 25.5 Å². The summed E-state index contributed by atoms with van der Waals surface area (Å²) < 4.78 is 53.6. The number of benzene rings is 2. The molecule has 0 aliphatic heterocycles. The van der Waals surface area contributed by atoms with Crippen LogP contribution in [0.3, 0.4) is 0 Å². The predicted octanol–water partition coefficient (Wildman–Crippen LogP) is 1.72. The molecule has 0 fully saturated rings. The third kappa shape index (κ3) is 4.65. The van der Waals surface area contributed by atoms with Gasteiger partial charge in [0.15, 0.2) is 30.5 Å². The fourth-order valence-corrected chi connectivity index (χ4v) is 5.92. The maximum Gasteiger partial charge on any atom is 0.192 e. The van der Waals surface area contributed by atoms with Gasteiger partial charge in [-0.15, -0.1) is 0 Å². The number of methoxy groups -OCH3 is 1. The Morgan fingerprint density at radius 3 is 2.04 bits per heavy atom. The quantitative estimate of drug-likeness (QED) is 0.691. The van der Waals surface area contributed by atoms with Crippen molar-refractivity contribution < 1.29 is 26.4 Å². The van der Waals surface area contributed by atoms with Crippen molar-refractivity contribution in [2.24, 2.45) is 0 Å². The van der Waals surface area contributed by atoms with Gasteiger partial charge >= 0.3 is 0 Å². The first kappa shape index (κ1) is 18.2. The Kier molecular flexibility index (Phi) is 5.40. The second-order valence-electron chi connectivity index (χ2n) is 5.09. The monoisotopic (exact) mass is 368 g/mol. The van der Waals surface area contributed by atoms with E-state index in [4.69, 9.17) is 4.74 Å². The second kappa shape index (κ2) is 7.14. The summed E-state index contributed by atoms with van der Waals surface area (Å²) in [5, 5.41) is -1.12. The summed E-state index contributed by atoms with van der Waals surface area (Å²) in [6.07, 6.45) is 0. The van der Waals surface area contributed by atoms with Gasteiger partial charge in [0.25, 0.3) is 0 Å². The van der Waals surface area contributed by atoms with E-state index in [-0.39, 0.29) is 10.5 Å². The number of Topliss-reactive ketones (excluding diaryl/α,β-unsaturated/α-hetero) is 1. The van der Waals surface area contributed by atoms with Gasteiger partial charge in [-0.1, -0.05) is 30.3 Å². The molecule has 0 spiro atoms. The third-order valence-electron chi connectivity index (χ3n) is 3.20. The van der Waals surface area contributed by atoms with Crippen molar-refractivity contribution in [3.05, 3.63) is 60.2 Å². The Morgan fingerprint density at radius 2 is 1.50 bits per heavy atom. The van der Waals surface area contributed by atoms with Crippen molar-refractivity contribution in [3.8, 4) is 5.75 Å². The number of ketones is 1. The normalized spacial score (nSPS) is 11.9. The SMILES string of the molecule is COc1ccc(S(=O)(=O)CS(=O)(=O)CC(=O)c2ccccc2)cc1. The van der Waals surface area contributed by atoms with Crippen LogP contribution in [-0.4, -0.2) is 40.6 Å². The highest BCUT2D eigenvalue weighted by Gasteiger charge is 2.27. The van der Waals surface area contributed by atoms with E-state index in [1.165, 1.54) is 43.5 Å². The van der Waals surface area contributed by atoms with Crippen molar-refractivity contribution in [1.82, 2.24) is 0 Å². The fourth-order valence-electron chi connectivity index (χ4n) is 2.04. The number of ether oxygens (including phenoxy) is 1. The van der Waals surface area contributed by atoms with Gasteiger partial charge in [0.2, 0.25) is 0 Å². The lowest BCUT2D eigenvalue weighted by atomic mass is 10.2. The second-order valence-corrected chi connectivity index (χ2v) is 9.50. The van der Waals surface area contributed by atoms with E-state index in [1.807, 2.05) is 0 Å². The van der Waals surface area contributed by atoms with Crippen molar-refractivity contribution in [3.63, 3.8) is 0 Å². The zero-order valence-electron chi connectivity index (χ0n) is 12.9. The van der Waals surface area contributed by atoms with Crippen LogP contribution < -0.4 is 4.74 Å². The van der Waals surface area contributed by atoms with Gasteiger partial charge < -0.3 is 4.74 Å². The zero-order valence-corrected chi connectivity index (χ0v) is 14.5. The minimum Gasteiger partial charge on any atom is -0.497 e. The summed E-state index contributed by atoms with van der Waals surface area (Å²) >= 11 is 0. The largest absolute Gasteiger partial charge is 0.497 e. The lowest BCUT2D eigenvalue weighted by Crippen LogP contribution is -2.24. The summed E-state index contributed by atoms with van der Waals surface area (Å²) in [7, 11) is -6.75. The first-order valence-corrected chi connectivity index (χ1v) is 10.4. The number of hydrogen-bond donors (Lipinski definition) is 0. The van der Waals surface area contributed by atoms with Gasteiger partial charge in [-0.25, -0.2) is 16.8 Å². The molecule has 24 heavy (non-hydrogen) atoms. The topological polar surface area (TPSA) is 94.6 Å². The Balaban J connectivity index is 2.16. The number of carbonyl (C=O) groups is 1. The molecule has 0 amide bonds. The molecule has 128 valence electrons. The van der Waals surface area contributed by atoms with Crippen molar-refractivity contribution in [1.29, 1.82) is 0 Å². The molecule has 2 aromatic carbocycles. The molecule has 0 saturated heterocycles. The molecule has 0 bridgehead atoms. The lowest BCUT2D eigenvalue weighted by Gasteiger charge is -2.07. The van der Waals surface area contributed by atoms with Gasteiger partial charge in [-0.3, -0.25) is 4.79 Å². The highest BCUT2D eigenvalue weighted by Crippen LogP contribution is 2.18. The number of hydrogen-bond acceptors (Lipinski definition) is 6. The van der Waals surface area contributed by atoms with Crippen LogP contribution in [0, 0.1) is 0 Å². The molecule has 2 aromatic rings. The smallest absolute Gasteiger partial charge is 0.192 e. The molecule has 0 N–H and O–H groups in total. The summed E-state index contributed by atoms with van der Waals surface area (Å²) in [4.78, 5) is 11.8. The molecule has 0 aliphatic carbocycles. The van der Waals surface area contributed by atoms with Crippen LogP contribution in [0.2, 0.25) is 0 Å². The first-order valence-electron chi connectivity index (χ1n) is 6.89. The van der Waals surface area contributed by atoms with Crippen LogP contribution in [0.15, 0.2) is 59.5 Å². The first-order chi connectivity index (χ1) is 11.2. The zero-order chi connectivity index (χ0) is 17.8. The molecule has 8 heteroatoms. The number of sulfone groups is 2. The Bertz CT molecular complexity index is 914. The summed E-state index contributed by atoms with van der Waals surface area (Å²) in [5.41, 5.74) is 0.225. The molecular formula is C16H16O6S2. The van der Waals surface area contributed by atoms with Gasteiger partial charge in [0, 0.05) is 5.56 Å². The molecule has 0 atom stereocenters. The number of rotatable bonds is 7. The molecule has 2 rings (SSSR count). The van der Waals surface area contributed by atoms with E-state index in [9.17, 15) is 21.6 Å². The van der Waals surface area contributed by atoms with Gasteiger partial charge in [-0.2, -0.15) is 0 Å². The minimum atomic E-state index is -4.12. The van der Waals surface area contributed by atoms with Crippen LogP contribution in [-0.2, 0) is 19.7 Å². The Hall–Kier alpha value is -2.19. The third-order valence-corrected chi connectivity index (χ3v) is 7.57. The average molecular weight is 368 g/mol. The maximum atomic E-state index is 12.2. The molecule has 0 saturated carbocycles. The van der Waals surface area contributed by atoms with E-state index in [1.54, 1.807) is 18.2 Å². The summed E-state index contributed by atoms with van der Waals surface area (Å²) in [6.45, 7) is 0. The molecule has 0 unspecified atom stereocenters. The van der Waals surface area contributed by atoms with Crippen LogP contribution in [0.25, 0.3) is 0 Å². The van der Waals surface area contributed by atoms with Crippen LogP contribution in [0.1, 0.15) is 10.4 Å². The number of carbonyl (C=O) groups excluding carboxylic acids is 1. The Morgan fingerprint density at radius 1 is 0.917 bits per heavy atom. The molecule has 0 radical (unpaired) electrons. The van der Waals surface area contributed by atoms with Gasteiger partial charge in [-0.05, 0) is 24.3 Å². The average Bonchev–Trinajstić information content (AvgIpc) is 2.54. The summed E-state index contributed by atoms with van der Waals surface area (Å²) in [5.74, 6) is -1.04. The molecule has 0 aromatic heterocycles. The maximum absolute atomic E-state index is 12.2. The lowest BCUT2D eigenvalue weighted by molar-refractivity contribution is 0.102. The van der Waals surface area contributed by atoms with E-state index in [0.717, 1.165) is 0 Å².